The second-order valence-corrected chi connectivity index (χ2v) is 6.44. The molecule has 3 rings (SSSR count). The molecule has 2 aliphatic heterocycles. The third-order valence-corrected chi connectivity index (χ3v) is 5.08. The van der Waals surface area contributed by atoms with Gasteiger partial charge in [0.05, 0.1) is 18.6 Å². The first-order valence-electron chi connectivity index (χ1n) is 8.43. The minimum Gasteiger partial charge on any atom is -0.493 e. The highest BCUT2D eigenvalue weighted by atomic mass is 16.5. The highest BCUT2D eigenvalue weighted by molar-refractivity contribution is 5.80. The zero-order valence-corrected chi connectivity index (χ0v) is 13.5. The number of nitrogens with one attached hydrogen (secondary N) is 1. The molecule has 1 aromatic carbocycles. The molecule has 3 atom stereocenters. The smallest absolute Gasteiger partial charge is 0.225 e. The summed E-state index contributed by atoms with van der Waals surface area (Å²) in [7, 11) is 2.12. The van der Waals surface area contributed by atoms with E-state index in [0.717, 1.165) is 50.1 Å². The lowest BCUT2D eigenvalue weighted by molar-refractivity contribution is -0.126. The van der Waals surface area contributed by atoms with Crippen molar-refractivity contribution in [3.05, 3.63) is 29.8 Å². The maximum absolute atomic E-state index is 12.8. The molecular weight excluding hydrogens is 276 g/mol. The largest absolute Gasteiger partial charge is 0.493 e. The maximum Gasteiger partial charge on any atom is 0.225 e. The average Bonchev–Trinajstić information content (AvgIpc) is 2.79. The first-order valence-corrected chi connectivity index (χ1v) is 8.43. The summed E-state index contributed by atoms with van der Waals surface area (Å²) in [6.45, 7) is 3.91. The van der Waals surface area contributed by atoms with Crippen LogP contribution in [0.1, 0.15) is 44.2 Å². The molecule has 0 radical (unpaired) electrons. The van der Waals surface area contributed by atoms with Gasteiger partial charge in [0, 0.05) is 11.6 Å². The Balaban J connectivity index is 1.74. The summed E-state index contributed by atoms with van der Waals surface area (Å²) in [6, 6.07) is 8.53. The summed E-state index contributed by atoms with van der Waals surface area (Å²) < 4.78 is 5.79. The lowest BCUT2D eigenvalue weighted by atomic mass is 9.95. The molecule has 1 aromatic rings. The topological polar surface area (TPSA) is 41.6 Å². The van der Waals surface area contributed by atoms with Gasteiger partial charge in [-0.2, -0.15) is 0 Å². The molecule has 22 heavy (non-hydrogen) atoms. The van der Waals surface area contributed by atoms with Crippen molar-refractivity contribution in [1.82, 2.24) is 10.2 Å². The number of likely N-dealkylation sites (tertiary alicyclic amines) is 1. The van der Waals surface area contributed by atoms with Gasteiger partial charge in [-0.05, 0) is 45.3 Å². The Morgan fingerprint density at radius 1 is 1.36 bits per heavy atom. The number of carbonyl (C=O) groups is 1. The van der Waals surface area contributed by atoms with Gasteiger partial charge in [-0.25, -0.2) is 0 Å². The number of nitrogens with zero attached hydrogens (tertiary/aromatic N) is 1. The van der Waals surface area contributed by atoms with E-state index in [1.807, 2.05) is 18.2 Å². The molecule has 120 valence electrons. The van der Waals surface area contributed by atoms with E-state index < -0.39 is 0 Å². The number of para-hydroxylation sites is 1. The van der Waals surface area contributed by atoms with Crippen LogP contribution in [-0.2, 0) is 4.79 Å². The lowest BCUT2D eigenvalue weighted by Gasteiger charge is -2.25. The monoisotopic (exact) mass is 302 g/mol. The second-order valence-electron chi connectivity index (χ2n) is 6.44. The highest BCUT2D eigenvalue weighted by Crippen LogP contribution is 2.32. The molecule has 4 heteroatoms. The van der Waals surface area contributed by atoms with Crippen LogP contribution in [0.3, 0.4) is 0 Å². The molecule has 1 unspecified atom stereocenters. The fourth-order valence-electron chi connectivity index (χ4n) is 3.86. The normalized spacial score (nSPS) is 28.5. The zero-order chi connectivity index (χ0) is 15.5. The number of rotatable bonds is 3. The molecule has 0 spiro atoms. The second kappa shape index (κ2) is 6.69. The van der Waals surface area contributed by atoms with Gasteiger partial charge in [-0.1, -0.05) is 25.1 Å². The van der Waals surface area contributed by atoms with Crippen molar-refractivity contribution in [3.63, 3.8) is 0 Å². The average molecular weight is 302 g/mol. The molecule has 1 N–H and O–H groups in total. The van der Waals surface area contributed by atoms with Crippen LogP contribution in [0.5, 0.6) is 5.75 Å². The van der Waals surface area contributed by atoms with E-state index >= 15 is 0 Å². The molecule has 2 aliphatic rings. The minimum atomic E-state index is 0.0783. The fourth-order valence-corrected chi connectivity index (χ4v) is 3.86. The van der Waals surface area contributed by atoms with E-state index in [9.17, 15) is 4.79 Å². The predicted molar refractivity (Wildman–Crippen MR) is 86.9 cm³/mol. The zero-order valence-electron chi connectivity index (χ0n) is 13.5. The van der Waals surface area contributed by atoms with Crippen LogP contribution in [0.15, 0.2) is 24.3 Å². The third-order valence-electron chi connectivity index (χ3n) is 5.08. The molecule has 0 saturated carbocycles. The van der Waals surface area contributed by atoms with E-state index in [4.69, 9.17) is 4.74 Å². The highest BCUT2D eigenvalue weighted by Gasteiger charge is 2.36. The summed E-state index contributed by atoms with van der Waals surface area (Å²) in [5.41, 5.74) is 1.12. The molecule has 1 saturated heterocycles. The number of amides is 1. The predicted octanol–water partition coefficient (Wildman–Crippen LogP) is 2.75. The minimum absolute atomic E-state index is 0.0783. The third kappa shape index (κ3) is 2.98. The number of benzene rings is 1. The standard InChI is InChI=1S/C18H26N2O2/c1-3-16-14(10-11-20(16)2)18(21)19-15-8-6-12-22-17-9-5-4-7-13(15)17/h4-5,7,9,14-16H,3,6,8,10-12H2,1-2H3,(H,19,21)/t14-,15?,16+/m0/s1. The number of carbonyl (C=O) groups excluding carboxylic acids is 1. The number of ether oxygens (including phenoxy) is 1. The van der Waals surface area contributed by atoms with Crippen LogP contribution in [0.2, 0.25) is 0 Å². The molecule has 2 heterocycles. The van der Waals surface area contributed by atoms with Crippen molar-refractivity contribution < 1.29 is 9.53 Å². The van der Waals surface area contributed by atoms with Crippen LogP contribution in [-0.4, -0.2) is 37.0 Å². The van der Waals surface area contributed by atoms with Gasteiger partial charge in [0.1, 0.15) is 5.75 Å². The van der Waals surface area contributed by atoms with E-state index in [-0.39, 0.29) is 17.9 Å². The molecule has 0 aliphatic carbocycles. The van der Waals surface area contributed by atoms with Gasteiger partial charge in [0.15, 0.2) is 0 Å². The Labute approximate surface area is 132 Å². The van der Waals surface area contributed by atoms with E-state index in [2.05, 4.69) is 30.3 Å². The van der Waals surface area contributed by atoms with Crippen molar-refractivity contribution >= 4 is 5.91 Å². The summed E-state index contributed by atoms with van der Waals surface area (Å²) in [4.78, 5) is 15.1. The van der Waals surface area contributed by atoms with Gasteiger partial charge in [-0.15, -0.1) is 0 Å². The first-order chi connectivity index (χ1) is 10.7. The van der Waals surface area contributed by atoms with Crippen LogP contribution in [0, 0.1) is 5.92 Å². The van der Waals surface area contributed by atoms with Crippen molar-refractivity contribution in [2.24, 2.45) is 5.92 Å². The molecular formula is C18H26N2O2. The Morgan fingerprint density at radius 3 is 3.00 bits per heavy atom. The quantitative estimate of drug-likeness (QED) is 0.933. The Bertz CT molecular complexity index is 532. The number of fused-ring (bicyclic) bond motifs is 1. The summed E-state index contributed by atoms with van der Waals surface area (Å²) in [6.07, 6.45) is 3.91. The molecule has 0 bridgehead atoms. The Kier molecular flexibility index (Phi) is 4.67. The van der Waals surface area contributed by atoms with Crippen LogP contribution >= 0.6 is 0 Å². The molecule has 0 aromatic heterocycles. The van der Waals surface area contributed by atoms with Crippen molar-refractivity contribution in [2.75, 3.05) is 20.2 Å². The van der Waals surface area contributed by atoms with Crippen LogP contribution in [0.25, 0.3) is 0 Å². The molecule has 1 amide bonds. The van der Waals surface area contributed by atoms with Crippen molar-refractivity contribution in [1.29, 1.82) is 0 Å². The van der Waals surface area contributed by atoms with E-state index in [1.54, 1.807) is 0 Å². The summed E-state index contributed by atoms with van der Waals surface area (Å²) in [5, 5.41) is 3.30. The fraction of sp³-hybridized carbons (Fsp3) is 0.611. The van der Waals surface area contributed by atoms with Gasteiger partial charge < -0.3 is 15.0 Å². The number of hydrogen-bond donors (Lipinski definition) is 1. The lowest BCUT2D eigenvalue weighted by Crippen LogP contribution is -2.40. The van der Waals surface area contributed by atoms with Gasteiger partial charge >= 0.3 is 0 Å². The van der Waals surface area contributed by atoms with Gasteiger partial charge in [0.2, 0.25) is 5.91 Å². The summed E-state index contributed by atoms with van der Waals surface area (Å²) in [5.74, 6) is 1.24. The molecule has 1 fully saturated rings. The van der Waals surface area contributed by atoms with Crippen molar-refractivity contribution in [2.45, 2.75) is 44.7 Å². The van der Waals surface area contributed by atoms with Crippen LogP contribution < -0.4 is 10.1 Å². The first kappa shape index (κ1) is 15.3. The van der Waals surface area contributed by atoms with Crippen LogP contribution in [0.4, 0.5) is 0 Å². The maximum atomic E-state index is 12.8. The Morgan fingerprint density at radius 2 is 2.18 bits per heavy atom. The number of hydrogen-bond acceptors (Lipinski definition) is 3. The van der Waals surface area contributed by atoms with Crippen molar-refractivity contribution in [3.8, 4) is 5.75 Å². The Hall–Kier alpha value is -1.55. The van der Waals surface area contributed by atoms with E-state index in [0.29, 0.717) is 6.04 Å². The van der Waals surface area contributed by atoms with Gasteiger partial charge in [-0.3, -0.25) is 4.79 Å². The van der Waals surface area contributed by atoms with E-state index in [1.165, 1.54) is 0 Å². The SMILES string of the molecule is CC[C@@H]1[C@@H](C(=O)NC2CCCOc3ccccc32)CCN1C. The summed E-state index contributed by atoms with van der Waals surface area (Å²) >= 11 is 0. The van der Waals surface area contributed by atoms with Gasteiger partial charge in [0.25, 0.3) is 0 Å². The molecule has 4 nitrogen and oxygen atoms in total.